The number of aromatic amines is 2. The molecule has 0 unspecified atom stereocenters. The van der Waals surface area contributed by atoms with Crippen molar-refractivity contribution in [2.24, 2.45) is 11.5 Å². The van der Waals surface area contributed by atoms with Crippen molar-refractivity contribution in [2.75, 3.05) is 6.54 Å². The molecule has 8 N–H and O–H groups in total. The van der Waals surface area contributed by atoms with Crippen molar-refractivity contribution < 1.29 is 14.4 Å². The third-order valence-electron chi connectivity index (χ3n) is 5.65. The summed E-state index contributed by atoms with van der Waals surface area (Å²) in [7, 11) is 0. The van der Waals surface area contributed by atoms with Crippen LogP contribution < -0.4 is 22.1 Å². The number of rotatable bonds is 9. The van der Waals surface area contributed by atoms with Crippen LogP contribution in [0, 0.1) is 0 Å². The molecular weight excluding hydrogens is 420 g/mol. The number of carbonyl (C=O) groups excluding carboxylic acids is 3. The molecule has 0 bridgehead atoms. The molecule has 9 heteroatoms. The first-order valence-corrected chi connectivity index (χ1v) is 10.6. The van der Waals surface area contributed by atoms with Gasteiger partial charge in [-0.3, -0.25) is 14.4 Å². The van der Waals surface area contributed by atoms with E-state index < -0.39 is 29.8 Å². The number of hydrogen-bond donors (Lipinski definition) is 6. The van der Waals surface area contributed by atoms with Gasteiger partial charge in [0.05, 0.1) is 12.6 Å². The summed E-state index contributed by atoms with van der Waals surface area (Å²) in [6.07, 6.45) is 4.17. The zero-order valence-electron chi connectivity index (χ0n) is 17.9. The zero-order valence-corrected chi connectivity index (χ0v) is 17.9. The van der Waals surface area contributed by atoms with Crippen molar-refractivity contribution in [3.63, 3.8) is 0 Å². The molecule has 2 aromatic heterocycles. The number of aromatic nitrogens is 2. The lowest BCUT2D eigenvalue weighted by Gasteiger charge is -2.16. The predicted molar refractivity (Wildman–Crippen MR) is 126 cm³/mol. The Morgan fingerprint density at radius 1 is 0.848 bits per heavy atom. The van der Waals surface area contributed by atoms with Crippen LogP contribution in [0.3, 0.4) is 0 Å². The molecule has 3 amide bonds. The third-order valence-corrected chi connectivity index (χ3v) is 5.65. The number of carbonyl (C=O) groups is 3. The molecule has 170 valence electrons. The molecule has 0 aliphatic heterocycles. The fourth-order valence-corrected chi connectivity index (χ4v) is 3.92. The molecule has 33 heavy (non-hydrogen) atoms. The largest absolute Gasteiger partial charge is 0.368 e. The van der Waals surface area contributed by atoms with Crippen LogP contribution in [0.15, 0.2) is 60.9 Å². The molecule has 2 heterocycles. The van der Waals surface area contributed by atoms with Crippen LogP contribution in [0.1, 0.15) is 11.1 Å². The summed E-state index contributed by atoms with van der Waals surface area (Å²) in [4.78, 5) is 43.0. The van der Waals surface area contributed by atoms with Crippen LogP contribution in [0.2, 0.25) is 0 Å². The summed E-state index contributed by atoms with van der Waals surface area (Å²) in [6.45, 7) is -0.307. The van der Waals surface area contributed by atoms with Gasteiger partial charge in [-0.2, -0.15) is 0 Å². The van der Waals surface area contributed by atoms with Crippen molar-refractivity contribution in [1.29, 1.82) is 0 Å². The molecule has 4 rings (SSSR count). The SMILES string of the molecule is NC(=O)[C@@H](Cc1c[nH]c2ccccc12)NC(=O)CNC(=O)[C@@H](N)Cc1c[nH]c2ccccc12. The average molecular weight is 447 g/mol. The van der Waals surface area contributed by atoms with Crippen molar-refractivity contribution in [3.8, 4) is 0 Å². The van der Waals surface area contributed by atoms with Gasteiger partial charge >= 0.3 is 0 Å². The van der Waals surface area contributed by atoms with Crippen LogP contribution in [0.25, 0.3) is 21.8 Å². The Bertz CT molecular complexity index is 1310. The van der Waals surface area contributed by atoms with E-state index in [-0.39, 0.29) is 13.0 Å². The minimum Gasteiger partial charge on any atom is -0.368 e. The summed E-state index contributed by atoms with van der Waals surface area (Å²) in [6, 6.07) is 13.7. The minimum absolute atomic E-state index is 0.235. The van der Waals surface area contributed by atoms with E-state index in [9.17, 15) is 14.4 Å². The van der Waals surface area contributed by atoms with Gasteiger partial charge in [0, 0.05) is 40.6 Å². The molecule has 4 aromatic rings. The topological polar surface area (TPSA) is 159 Å². The van der Waals surface area contributed by atoms with E-state index in [0.29, 0.717) is 6.42 Å². The third kappa shape index (κ3) is 5.04. The van der Waals surface area contributed by atoms with Gasteiger partial charge in [0.15, 0.2) is 0 Å². The Kier molecular flexibility index (Phi) is 6.41. The molecule has 0 spiro atoms. The average Bonchev–Trinajstić information content (AvgIpc) is 3.41. The van der Waals surface area contributed by atoms with Crippen molar-refractivity contribution in [1.82, 2.24) is 20.6 Å². The monoisotopic (exact) mass is 446 g/mol. The van der Waals surface area contributed by atoms with E-state index >= 15 is 0 Å². The molecule has 0 radical (unpaired) electrons. The second-order valence-corrected chi connectivity index (χ2v) is 7.97. The van der Waals surface area contributed by atoms with Gasteiger partial charge < -0.3 is 32.1 Å². The fourth-order valence-electron chi connectivity index (χ4n) is 3.92. The molecule has 2 aromatic carbocycles. The van der Waals surface area contributed by atoms with Crippen molar-refractivity contribution >= 4 is 39.5 Å². The second kappa shape index (κ2) is 9.58. The Hall–Kier alpha value is -4.11. The number of hydrogen-bond acceptors (Lipinski definition) is 4. The van der Waals surface area contributed by atoms with E-state index in [2.05, 4.69) is 20.6 Å². The highest BCUT2D eigenvalue weighted by atomic mass is 16.2. The summed E-state index contributed by atoms with van der Waals surface area (Å²) in [5.41, 5.74) is 15.2. The summed E-state index contributed by atoms with van der Waals surface area (Å²) < 4.78 is 0. The number of amides is 3. The Labute approximate surface area is 189 Å². The summed E-state index contributed by atoms with van der Waals surface area (Å²) >= 11 is 0. The van der Waals surface area contributed by atoms with Gasteiger partial charge in [0.2, 0.25) is 17.7 Å². The number of H-pyrrole nitrogens is 2. The van der Waals surface area contributed by atoms with Gasteiger partial charge in [0.1, 0.15) is 6.04 Å². The number of benzene rings is 2. The van der Waals surface area contributed by atoms with Crippen LogP contribution >= 0.6 is 0 Å². The summed E-state index contributed by atoms with van der Waals surface area (Å²) in [5.74, 6) is -1.63. The van der Waals surface area contributed by atoms with E-state index in [4.69, 9.17) is 11.5 Å². The lowest BCUT2D eigenvalue weighted by molar-refractivity contribution is -0.129. The number of primary amides is 1. The maximum atomic E-state index is 12.4. The highest BCUT2D eigenvalue weighted by Crippen LogP contribution is 2.20. The van der Waals surface area contributed by atoms with Gasteiger partial charge in [-0.1, -0.05) is 36.4 Å². The van der Waals surface area contributed by atoms with Gasteiger partial charge in [-0.25, -0.2) is 0 Å². The van der Waals surface area contributed by atoms with E-state index in [1.54, 1.807) is 6.20 Å². The molecular formula is C24H26N6O3. The van der Waals surface area contributed by atoms with Gasteiger partial charge in [-0.15, -0.1) is 0 Å². The minimum atomic E-state index is -0.909. The number of para-hydroxylation sites is 2. The molecule has 0 aliphatic rings. The summed E-state index contributed by atoms with van der Waals surface area (Å²) in [5, 5.41) is 7.08. The molecule has 0 saturated heterocycles. The lowest BCUT2D eigenvalue weighted by atomic mass is 10.0. The second-order valence-electron chi connectivity index (χ2n) is 7.97. The van der Waals surface area contributed by atoms with E-state index in [1.165, 1.54) is 0 Å². The maximum absolute atomic E-state index is 12.4. The first-order chi connectivity index (χ1) is 15.9. The highest BCUT2D eigenvalue weighted by Gasteiger charge is 2.22. The fraction of sp³-hybridized carbons (Fsp3) is 0.208. The Morgan fingerprint density at radius 3 is 1.97 bits per heavy atom. The van der Waals surface area contributed by atoms with Crippen molar-refractivity contribution in [2.45, 2.75) is 24.9 Å². The van der Waals surface area contributed by atoms with Crippen molar-refractivity contribution in [3.05, 3.63) is 72.1 Å². The molecule has 9 nitrogen and oxygen atoms in total. The molecule has 0 saturated carbocycles. The number of fused-ring (bicyclic) bond motifs is 2. The quantitative estimate of drug-likeness (QED) is 0.225. The Morgan fingerprint density at radius 2 is 1.39 bits per heavy atom. The van der Waals surface area contributed by atoms with E-state index in [0.717, 1.165) is 32.9 Å². The maximum Gasteiger partial charge on any atom is 0.240 e. The zero-order chi connectivity index (χ0) is 23.4. The van der Waals surface area contributed by atoms with Gasteiger partial charge in [0.25, 0.3) is 0 Å². The van der Waals surface area contributed by atoms with Crippen LogP contribution in [-0.2, 0) is 27.2 Å². The Balaban J connectivity index is 1.31. The first kappa shape index (κ1) is 22.1. The predicted octanol–water partition coefficient (Wildman–Crippen LogP) is 0.848. The van der Waals surface area contributed by atoms with E-state index in [1.807, 2.05) is 54.7 Å². The smallest absolute Gasteiger partial charge is 0.240 e. The number of nitrogens with one attached hydrogen (secondary N) is 4. The highest BCUT2D eigenvalue weighted by molar-refractivity contribution is 5.92. The molecule has 2 atom stereocenters. The molecule has 0 fully saturated rings. The van der Waals surface area contributed by atoms with Gasteiger partial charge in [-0.05, 0) is 29.7 Å². The van der Waals surface area contributed by atoms with Crippen LogP contribution in [0.5, 0.6) is 0 Å². The molecule has 0 aliphatic carbocycles. The first-order valence-electron chi connectivity index (χ1n) is 10.6. The van der Waals surface area contributed by atoms with Crippen LogP contribution in [0.4, 0.5) is 0 Å². The normalized spacial score (nSPS) is 13.0. The lowest BCUT2D eigenvalue weighted by Crippen LogP contribution is -2.51. The van der Waals surface area contributed by atoms with Crippen LogP contribution in [-0.4, -0.2) is 46.3 Å². The number of nitrogens with two attached hydrogens (primary N) is 2. The standard InChI is InChI=1S/C24H26N6O3/c25-18(9-14-11-27-19-7-3-1-5-16(14)19)24(33)29-13-22(31)30-21(23(26)32)10-15-12-28-20-8-4-2-6-17(15)20/h1-8,11-12,18,21,27-28H,9-10,13,25H2,(H2,26,32)(H,29,33)(H,30,31)/t18-,21+/m0/s1.